The maximum absolute atomic E-state index is 10.9. The first kappa shape index (κ1) is 9.06. The van der Waals surface area contributed by atoms with E-state index in [2.05, 4.69) is 10.4 Å². The van der Waals surface area contributed by atoms with E-state index in [4.69, 9.17) is 11.6 Å². The fourth-order valence-electron chi connectivity index (χ4n) is 0.801. The molecule has 1 rings (SSSR count). The van der Waals surface area contributed by atoms with Crippen molar-refractivity contribution < 1.29 is 4.79 Å². The predicted octanol–water partition coefficient (Wildman–Crippen LogP) is 0.591. The molecule has 1 aromatic rings. The molecular weight excluding hydrogens is 178 g/mol. The summed E-state index contributed by atoms with van der Waals surface area (Å²) in [5.41, 5.74) is 0.737. The van der Waals surface area contributed by atoms with Crippen LogP contribution in [0.3, 0.4) is 0 Å². The Balaban J connectivity index is 2.70. The Morgan fingerprint density at radius 1 is 1.83 bits per heavy atom. The van der Waals surface area contributed by atoms with Crippen molar-refractivity contribution in [3.63, 3.8) is 0 Å². The number of hydrogen-bond acceptors (Lipinski definition) is 2. The van der Waals surface area contributed by atoms with Gasteiger partial charge in [-0.3, -0.25) is 9.48 Å². The number of aryl methyl sites for hydroxylation is 1. The average Bonchev–Trinajstić information content (AvgIpc) is 2.31. The van der Waals surface area contributed by atoms with E-state index in [1.807, 2.05) is 0 Å². The standard InChI is InChI=1S/C7H10ClN3O/c1-5-6(8)3-11(10-5)4-7(12)9-2/h3H,4H2,1-2H3,(H,9,12). The molecule has 0 atom stereocenters. The highest BCUT2D eigenvalue weighted by Crippen LogP contribution is 2.11. The molecule has 0 aliphatic rings. The molecule has 1 aromatic heterocycles. The second-order valence-corrected chi connectivity index (χ2v) is 2.84. The lowest BCUT2D eigenvalue weighted by atomic mass is 10.5. The van der Waals surface area contributed by atoms with Crippen LogP contribution in [0.5, 0.6) is 0 Å². The second kappa shape index (κ2) is 3.58. The number of amides is 1. The van der Waals surface area contributed by atoms with Gasteiger partial charge >= 0.3 is 0 Å². The van der Waals surface area contributed by atoms with Crippen LogP contribution in [0, 0.1) is 6.92 Å². The summed E-state index contributed by atoms with van der Waals surface area (Å²) < 4.78 is 1.51. The van der Waals surface area contributed by atoms with E-state index in [-0.39, 0.29) is 12.5 Å². The Labute approximate surface area is 75.5 Å². The first-order valence-electron chi connectivity index (χ1n) is 3.53. The van der Waals surface area contributed by atoms with Gasteiger partial charge in [-0.05, 0) is 6.92 Å². The van der Waals surface area contributed by atoms with E-state index in [1.165, 1.54) is 4.68 Å². The lowest BCUT2D eigenvalue weighted by Crippen LogP contribution is -2.23. The third-order valence-corrected chi connectivity index (χ3v) is 1.84. The van der Waals surface area contributed by atoms with Gasteiger partial charge in [-0.2, -0.15) is 5.10 Å². The molecule has 66 valence electrons. The quantitative estimate of drug-likeness (QED) is 0.737. The largest absolute Gasteiger partial charge is 0.358 e. The summed E-state index contributed by atoms with van der Waals surface area (Å²) in [7, 11) is 1.58. The molecule has 0 aliphatic heterocycles. The van der Waals surface area contributed by atoms with Crippen LogP contribution in [-0.2, 0) is 11.3 Å². The first-order valence-corrected chi connectivity index (χ1v) is 3.91. The molecule has 0 bridgehead atoms. The van der Waals surface area contributed by atoms with Gasteiger partial charge < -0.3 is 5.32 Å². The number of hydrogen-bond donors (Lipinski definition) is 1. The molecule has 0 saturated carbocycles. The Hall–Kier alpha value is -1.03. The van der Waals surface area contributed by atoms with Gasteiger partial charge in [0.05, 0.1) is 10.7 Å². The van der Waals surface area contributed by atoms with E-state index in [0.29, 0.717) is 5.02 Å². The van der Waals surface area contributed by atoms with Crippen LogP contribution in [0.15, 0.2) is 6.20 Å². The van der Waals surface area contributed by atoms with E-state index >= 15 is 0 Å². The fraction of sp³-hybridized carbons (Fsp3) is 0.429. The molecule has 0 aliphatic carbocycles. The van der Waals surface area contributed by atoms with E-state index < -0.39 is 0 Å². The molecule has 0 spiro atoms. The van der Waals surface area contributed by atoms with Crippen molar-refractivity contribution in [3.8, 4) is 0 Å². The zero-order chi connectivity index (χ0) is 9.14. The highest BCUT2D eigenvalue weighted by molar-refractivity contribution is 6.31. The maximum Gasteiger partial charge on any atom is 0.241 e. The highest BCUT2D eigenvalue weighted by atomic mass is 35.5. The first-order chi connectivity index (χ1) is 5.63. The third kappa shape index (κ3) is 1.98. The van der Waals surface area contributed by atoms with Crippen LogP contribution in [0.1, 0.15) is 5.69 Å². The molecule has 1 amide bonds. The van der Waals surface area contributed by atoms with Gasteiger partial charge in [0.1, 0.15) is 6.54 Å². The van der Waals surface area contributed by atoms with Crippen LogP contribution in [0.25, 0.3) is 0 Å². The minimum absolute atomic E-state index is 0.0887. The van der Waals surface area contributed by atoms with Crippen molar-refractivity contribution >= 4 is 17.5 Å². The summed E-state index contributed by atoms with van der Waals surface area (Å²) in [4.78, 5) is 10.9. The van der Waals surface area contributed by atoms with Crippen molar-refractivity contribution in [2.24, 2.45) is 0 Å². The number of aromatic nitrogens is 2. The zero-order valence-corrected chi connectivity index (χ0v) is 7.72. The van der Waals surface area contributed by atoms with Crippen molar-refractivity contribution in [2.45, 2.75) is 13.5 Å². The van der Waals surface area contributed by atoms with Crippen molar-refractivity contribution in [1.29, 1.82) is 0 Å². The van der Waals surface area contributed by atoms with Gasteiger partial charge in [0.15, 0.2) is 0 Å². The minimum atomic E-state index is -0.0887. The van der Waals surface area contributed by atoms with Crippen LogP contribution in [-0.4, -0.2) is 22.7 Å². The third-order valence-electron chi connectivity index (χ3n) is 1.47. The number of rotatable bonds is 2. The van der Waals surface area contributed by atoms with Gasteiger partial charge in [-0.1, -0.05) is 11.6 Å². The van der Waals surface area contributed by atoms with Crippen LogP contribution < -0.4 is 5.32 Å². The SMILES string of the molecule is CNC(=O)Cn1cc(Cl)c(C)n1. The summed E-state index contributed by atoms with van der Waals surface area (Å²) >= 11 is 5.74. The number of nitrogens with zero attached hydrogens (tertiary/aromatic N) is 2. The molecule has 4 nitrogen and oxygen atoms in total. The molecule has 5 heteroatoms. The number of halogens is 1. The van der Waals surface area contributed by atoms with E-state index in [1.54, 1.807) is 20.2 Å². The Kier molecular flexibility index (Phi) is 2.70. The molecule has 0 aromatic carbocycles. The van der Waals surface area contributed by atoms with Gasteiger partial charge in [0.25, 0.3) is 0 Å². The average molecular weight is 188 g/mol. The Morgan fingerprint density at radius 2 is 2.50 bits per heavy atom. The summed E-state index contributed by atoms with van der Waals surface area (Å²) in [6, 6.07) is 0. The molecule has 1 heterocycles. The van der Waals surface area contributed by atoms with Gasteiger partial charge in [-0.25, -0.2) is 0 Å². The molecule has 0 unspecified atom stereocenters. The summed E-state index contributed by atoms with van der Waals surface area (Å²) in [5, 5.41) is 7.10. The maximum atomic E-state index is 10.9. The summed E-state index contributed by atoms with van der Waals surface area (Å²) in [6.07, 6.45) is 1.63. The van der Waals surface area contributed by atoms with Gasteiger partial charge in [0.2, 0.25) is 5.91 Å². The van der Waals surface area contributed by atoms with Gasteiger partial charge in [0, 0.05) is 13.2 Å². The number of nitrogens with one attached hydrogen (secondary N) is 1. The van der Waals surface area contributed by atoms with Crippen molar-refractivity contribution in [2.75, 3.05) is 7.05 Å². The van der Waals surface area contributed by atoms with Crippen molar-refractivity contribution in [3.05, 3.63) is 16.9 Å². The van der Waals surface area contributed by atoms with Gasteiger partial charge in [-0.15, -0.1) is 0 Å². The second-order valence-electron chi connectivity index (χ2n) is 2.43. The highest BCUT2D eigenvalue weighted by Gasteiger charge is 2.04. The van der Waals surface area contributed by atoms with E-state index in [0.717, 1.165) is 5.69 Å². The summed E-state index contributed by atoms with van der Waals surface area (Å²) in [6.45, 7) is 2.01. The molecule has 0 saturated heterocycles. The zero-order valence-electron chi connectivity index (χ0n) is 6.97. The fourth-order valence-corrected chi connectivity index (χ4v) is 0.951. The smallest absolute Gasteiger partial charge is 0.241 e. The number of carbonyl (C=O) groups excluding carboxylic acids is 1. The van der Waals surface area contributed by atoms with Crippen LogP contribution in [0.2, 0.25) is 5.02 Å². The lowest BCUT2D eigenvalue weighted by Gasteiger charge is -1.98. The number of carbonyl (C=O) groups is 1. The Morgan fingerprint density at radius 3 is 2.92 bits per heavy atom. The topological polar surface area (TPSA) is 46.9 Å². The molecule has 0 fully saturated rings. The number of likely N-dealkylation sites (N-methyl/N-ethyl adjacent to an activating group) is 1. The Bertz CT molecular complexity index is 275. The molecule has 12 heavy (non-hydrogen) atoms. The lowest BCUT2D eigenvalue weighted by molar-refractivity contribution is -0.121. The molecule has 0 radical (unpaired) electrons. The normalized spacial score (nSPS) is 9.92. The van der Waals surface area contributed by atoms with Crippen molar-refractivity contribution in [1.82, 2.24) is 15.1 Å². The molecule has 1 N–H and O–H groups in total. The monoisotopic (exact) mass is 187 g/mol. The summed E-state index contributed by atoms with van der Waals surface area (Å²) in [5.74, 6) is -0.0887. The predicted molar refractivity (Wildman–Crippen MR) is 46.0 cm³/mol. The van der Waals surface area contributed by atoms with Crippen LogP contribution in [0.4, 0.5) is 0 Å². The molecular formula is C7H10ClN3O. The van der Waals surface area contributed by atoms with E-state index in [9.17, 15) is 4.79 Å². The minimum Gasteiger partial charge on any atom is -0.358 e. The van der Waals surface area contributed by atoms with Crippen LogP contribution >= 0.6 is 11.6 Å².